The third kappa shape index (κ3) is 3.79. The summed E-state index contributed by atoms with van der Waals surface area (Å²) in [5, 5.41) is 0. The summed E-state index contributed by atoms with van der Waals surface area (Å²) in [4.78, 5) is 11.4. The van der Waals surface area contributed by atoms with E-state index in [1.165, 1.54) is 12.1 Å². The van der Waals surface area contributed by atoms with Crippen LogP contribution in [-0.4, -0.2) is 20.9 Å². The molecular weight excluding hydrogens is 483 g/mol. The SMILES string of the molecule is NC(=O)CN(c1ccccc1I)S(=O)(=O)c1ccc(Br)cc1. The molecule has 2 rings (SSSR count). The Morgan fingerprint density at radius 3 is 2.27 bits per heavy atom. The average Bonchev–Trinajstić information content (AvgIpc) is 2.46. The molecule has 0 saturated carbocycles. The van der Waals surface area contributed by atoms with Gasteiger partial charge in [0.2, 0.25) is 5.91 Å². The maximum atomic E-state index is 12.8. The first-order chi connectivity index (χ1) is 10.3. The molecule has 116 valence electrons. The van der Waals surface area contributed by atoms with Crippen LogP contribution in [0.1, 0.15) is 0 Å². The van der Waals surface area contributed by atoms with E-state index in [2.05, 4.69) is 15.9 Å². The minimum atomic E-state index is -3.88. The molecule has 0 aliphatic rings. The van der Waals surface area contributed by atoms with Gasteiger partial charge in [-0.3, -0.25) is 9.10 Å². The summed E-state index contributed by atoms with van der Waals surface area (Å²) in [5.74, 6) is -0.722. The van der Waals surface area contributed by atoms with Gasteiger partial charge >= 0.3 is 0 Å². The molecule has 0 unspecified atom stereocenters. The Hall–Kier alpha value is -1.13. The molecule has 0 saturated heterocycles. The number of halogens is 2. The molecule has 22 heavy (non-hydrogen) atoms. The second-order valence-corrected chi connectivity index (χ2v) is 8.32. The topological polar surface area (TPSA) is 80.5 Å². The first kappa shape index (κ1) is 17.2. The predicted octanol–water partition coefficient (Wildman–Crippen LogP) is 2.73. The number of carbonyl (C=O) groups is 1. The molecule has 2 N–H and O–H groups in total. The first-order valence-corrected chi connectivity index (χ1v) is 9.44. The van der Waals surface area contributed by atoms with Crippen molar-refractivity contribution in [3.63, 3.8) is 0 Å². The molecule has 0 fully saturated rings. The van der Waals surface area contributed by atoms with Gasteiger partial charge in [0.15, 0.2) is 0 Å². The highest BCUT2D eigenvalue weighted by molar-refractivity contribution is 14.1. The van der Waals surface area contributed by atoms with Gasteiger partial charge in [0.05, 0.1) is 10.6 Å². The van der Waals surface area contributed by atoms with Crippen LogP contribution < -0.4 is 10.0 Å². The van der Waals surface area contributed by atoms with Crippen molar-refractivity contribution in [2.24, 2.45) is 5.73 Å². The standard InChI is InChI=1S/C14H12BrIN2O3S/c15-10-5-7-11(8-6-10)22(20,21)18(9-14(17)19)13-4-2-1-3-12(13)16/h1-8H,9H2,(H2,17,19). The van der Waals surface area contributed by atoms with E-state index in [0.717, 1.165) is 8.78 Å². The number of hydrogen-bond acceptors (Lipinski definition) is 3. The van der Waals surface area contributed by atoms with E-state index in [9.17, 15) is 13.2 Å². The van der Waals surface area contributed by atoms with E-state index in [0.29, 0.717) is 9.26 Å². The highest BCUT2D eigenvalue weighted by atomic mass is 127. The van der Waals surface area contributed by atoms with Gasteiger partial charge in [0.1, 0.15) is 6.54 Å². The number of anilines is 1. The molecule has 8 heteroatoms. The van der Waals surface area contributed by atoms with Gasteiger partial charge in [0.25, 0.3) is 10.0 Å². The number of primary amides is 1. The Kier molecular flexibility index (Phi) is 5.45. The number of sulfonamides is 1. The number of nitrogens with zero attached hydrogens (tertiary/aromatic N) is 1. The van der Waals surface area contributed by atoms with Crippen molar-refractivity contribution in [3.05, 3.63) is 56.6 Å². The second kappa shape index (κ2) is 6.97. The number of rotatable bonds is 5. The van der Waals surface area contributed by atoms with Crippen LogP contribution in [0.4, 0.5) is 5.69 Å². The molecule has 0 bridgehead atoms. The Morgan fingerprint density at radius 1 is 1.14 bits per heavy atom. The number of para-hydroxylation sites is 1. The zero-order valence-electron chi connectivity index (χ0n) is 11.2. The minimum absolute atomic E-state index is 0.0941. The van der Waals surface area contributed by atoms with Gasteiger partial charge in [0, 0.05) is 8.04 Å². The summed E-state index contributed by atoms with van der Waals surface area (Å²) in [6.45, 7) is -0.418. The van der Waals surface area contributed by atoms with Crippen molar-refractivity contribution in [2.45, 2.75) is 4.90 Å². The molecule has 1 amide bonds. The highest BCUT2D eigenvalue weighted by Gasteiger charge is 2.27. The smallest absolute Gasteiger partial charge is 0.264 e. The highest BCUT2D eigenvalue weighted by Crippen LogP contribution is 2.28. The Bertz CT molecular complexity index is 794. The molecule has 0 atom stereocenters. The second-order valence-electron chi connectivity index (χ2n) is 4.38. The lowest BCUT2D eigenvalue weighted by atomic mass is 10.3. The molecule has 0 spiro atoms. The number of benzene rings is 2. The number of amides is 1. The predicted molar refractivity (Wildman–Crippen MR) is 97.0 cm³/mol. The molecule has 0 heterocycles. The van der Waals surface area contributed by atoms with Crippen molar-refractivity contribution >= 4 is 60.1 Å². The van der Waals surface area contributed by atoms with Crippen molar-refractivity contribution in [3.8, 4) is 0 Å². The van der Waals surface area contributed by atoms with E-state index in [1.807, 2.05) is 22.6 Å². The van der Waals surface area contributed by atoms with Gasteiger partial charge in [-0.25, -0.2) is 8.42 Å². The van der Waals surface area contributed by atoms with Gasteiger partial charge in [-0.05, 0) is 59.0 Å². The molecule has 0 aliphatic carbocycles. The summed E-state index contributed by atoms with van der Waals surface area (Å²) >= 11 is 5.28. The van der Waals surface area contributed by atoms with Gasteiger partial charge in [-0.15, -0.1) is 0 Å². The Balaban J connectivity index is 2.56. The minimum Gasteiger partial charge on any atom is -0.368 e. The van der Waals surface area contributed by atoms with E-state index < -0.39 is 22.5 Å². The van der Waals surface area contributed by atoms with Crippen LogP contribution >= 0.6 is 38.5 Å². The van der Waals surface area contributed by atoms with Gasteiger partial charge < -0.3 is 5.73 Å². The summed E-state index contributed by atoms with van der Waals surface area (Å²) in [6.07, 6.45) is 0. The fourth-order valence-corrected chi connectivity index (χ4v) is 4.39. The van der Waals surface area contributed by atoms with Crippen LogP contribution in [-0.2, 0) is 14.8 Å². The average molecular weight is 495 g/mol. The van der Waals surface area contributed by atoms with E-state index in [1.54, 1.807) is 36.4 Å². The lowest BCUT2D eigenvalue weighted by molar-refractivity contribution is -0.116. The largest absolute Gasteiger partial charge is 0.368 e. The summed E-state index contributed by atoms with van der Waals surface area (Å²) in [6, 6.07) is 13.1. The maximum absolute atomic E-state index is 12.8. The third-order valence-corrected chi connectivity index (χ3v) is 6.04. The molecule has 0 aliphatic heterocycles. The fraction of sp³-hybridized carbons (Fsp3) is 0.0714. The molecule has 0 aromatic heterocycles. The monoisotopic (exact) mass is 494 g/mol. The van der Waals surface area contributed by atoms with E-state index in [4.69, 9.17) is 5.73 Å². The van der Waals surface area contributed by atoms with E-state index >= 15 is 0 Å². The van der Waals surface area contributed by atoms with Crippen molar-refractivity contribution in [1.82, 2.24) is 0 Å². The number of hydrogen-bond donors (Lipinski definition) is 1. The molecule has 0 radical (unpaired) electrons. The van der Waals surface area contributed by atoms with Crippen LogP contribution in [0.25, 0.3) is 0 Å². The van der Waals surface area contributed by atoms with Crippen LogP contribution in [0.3, 0.4) is 0 Å². The zero-order valence-corrected chi connectivity index (χ0v) is 15.8. The Labute approximate surface area is 150 Å². The first-order valence-electron chi connectivity index (χ1n) is 6.13. The molecular formula is C14H12BrIN2O3S. The molecule has 2 aromatic rings. The van der Waals surface area contributed by atoms with Crippen LogP contribution in [0.5, 0.6) is 0 Å². The van der Waals surface area contributed by atoms with Crippen molar-refractivity contribution in [1.29, 1.82) is 0 Å². The summed E-state index contributed by atoms with van der Waals surface area (Å²) in [5.41, 5.74) is 5.65. The Morgan fingerprint density at radius 2 is 1.73 bits per heavy atom. The van der Waals surface area contributed by atoms with Crippen LogP contribution in [0.2, 0.25) is 0 Å². The fourth-order valence-electron chi connectivity index (χ4n) is 1.83. The normalized spacial score (nSPS) is 11.2. The van der Waals surface area contributed by atoms with Crippen molar-refractivity contribution in [2.75, 3.05) is 10.8 Å². The lowest BCUT2D eigenvalue weighted by Crippen LogP contribution is -2.39. The zero-order chi connectivity index (χ0) is 16.3. The maximum Gasteiger partial charge on any atom is 0.264 e. The lowest BCUT2D eigenvalue weighted by Gasteiger charge is -2.24. The van der Waals surface area contributed by atoms with Crippen molar-refractivity contribution < 1.29 is 13.2 Å². The van der Waals surface area contributed by atoms with E-state index in [-0.39, 0.29) is 4.90 Å². The van der Waals surface area contributed by atoms with Crippen LogP contribution in [0, 0.1) is 3.57 Å². The quantitative estimate of drug-likeness (QED) is 0.649. The third-order valence-electron chi connectivity index (χ3n) is 2.82. The van der Waals surface area contributed by atoms with Crippen LogP contribution in [0.15, 0.2) is 57.9 Å². The summed E-state index contributed by atoms with van der Waals surface area (Å²) in [7, 11) is -3.88. The summed E-state index contributed by atoms with van der Waals surface area (Å²) < 4.78 is 28.2. The van der Waals surface area contributed by atoms with Gasteiger partial charge in [-0.1, -0.05) is 28.1 Å². The van der Waals surface area contributed by atoms with Gasteiger partial charge in [-0.2, -0.15) is 0 Å². The molecule has 2 aromatic carbocycles. The molecule has 5 nitrogen and oxygen atoms in total. The number of nitrogens with two attached hydrogens (primary N) is 1. The number of carbonyl (C=O) groups excluding carboxylic acids is 1.